The molecule has 0 saturated heterocycles. The van der Waals surface area contributed by atoms with Crippen LogP contribution in [0.5, 0.6) is 5.75 Å². The van der Waals surface area contributed by atoms with Crippen LogP contribution >= 0.6 is 11.6 Å². The second-order valence-corrected chi connectivity index (χ2v) is 8.79. The average Bonchev–Trinajstić information content (AvgIpc) is 2.80. The van der Waals surface area contributed by atoms with Gasteiger partial charge in [0, 0.05) is 55.8 Å². The van der Waals surface area contributed by atoms with Crippen LogP contribution in [0.1, 0.15) is 24.2 Å². The van der Waals surface area contributed by atoms with Gasteiger partial charge in [-0.1, -0.05) is 18.5 Å². The summed E-state index contributed by atoms with van der Waals surface area (Å²) in [7, 11) is 3.41. The second kappa shape index (κ2) is 11.4. The first-order valence-corrected chi connectivity index (χ1v) is 11.3. The fourth-order valence-corrected chi connectivity index (χ4v) is 3.69. The first-order valence-electron chi connectivity index (χ1n) is 10.9. The molecule has 3 rings (SSSR count). The van der Waals surface area contributed by atoms with Crippen LogP contribution in [0.15, 0.2) is 42.5 Å². The highest BCUT2D eigenvalue weighted by Gasteiger charge is 2.25. The van der Waals surface area contributed by atoms with Gasteiger partial charge < -0.3 is 30.3 Å². The Morgan fingerprint density at radius 2 is 1.82 bits per heavy atom. The summed E-state index contributed by atoms with van der Waals surface area (Å²) in [4.78, 5) is 27.2. The minimum absolute atomic E-state index is 0.0647. The molecule has 33 heavy (non-hydrogen) atoms. The van der Waals surface area contributed by atoms with Crippen molar-refractivity contribution in [1.82, 2.24) is 10.2 Å². The van der Waals surface area contributed by atoms with Crippen LogP contribution in [0, 0.1) is 5.92 Å². The molecule has 0 spiro atoms. The minimum Gasteiger partial charge on any atom is -0.491 e. The van der Waals surface area contributed by atoms with E-state index in [1.807, 2.05) is 6.92 Å². The Bertz CT molecular complexity index is 969. The maximum atomic E-state index is 13.2. The quantitative estimate of drug-likeness (QED) is 0.623. The molecule has 2 aromatic rings. The number of likely N-dealkylation sites (N-methyl/N-ethyl adjacent to an activating group) is 1. The summed E-state index contributed by atoms with van der Waals surface area (Å²) in [6, 6.07) is 11.5. The largest absolute Gasteiger partial charge is 0.491 e. The number of fused-ring (bicyclic) bond motifs is 1. The molecule has 1 heterocycles. The number of ether oxygens (including phenoxy) is 2. The number of nitrogens with zero attached hydrogens (tertiary/aromatic N) is 1. The second-order valence-electron chi connectivity index (χ2n) is 8.35. The van der Waals surface area contributed by atoms with Crippen LogP contribution in [-0.4, -0.2) is 62.8 Å². The lowest BCUT2D eigenvalue weighted by atomic mass is 10.0. The van der Waals surface area contributed by atoms with Crippen molar-refractivity contribution in [3.05, 3.63) is 53.1 Å². The van der Waals surface area contributed by atoms with E-state index in [4.69, 9.17) is 21.1 Å². The summed E-state index contributed by atoms with van der Waals surface area (Å²) in [5.74, 6) is 0.460. The van der Waals surface area contributed by atoms with Gasteiger partial charge in [0.25, 0.3) is 5.91 Å². The molecule has 0 radical (unpaired) electrons. The Morgan fingerprint density at radius 3 is 2.52 bits per heavy atom. The minimum atomic E-state index is -0.416. The zero-order valence-electron chi connectivity index (χ0n) is 19.4. The Kier molecular flexibility index (Phi) is 8.55. The lowest BCUT2D eigenvalue weighted by Crippen LogP contribution is -2.44. The molecule has 3 amide bonds. The van der Waals surface area contributed by atoms with Crippen molar-refractivity contribution in [3.63, 3.8) is 0 Å². The van der Waals surface area contributed by atoms with E-state index in [9.17, 15) is 9.59 Å². The fourth-order valence-electron chi connectivity index (χ4n) is 3.56. The number of hydrogen-bond acceptors (Lipinski definition) is 5. The molecule has 1 aliphatic rings. The first-order chi connectivity index (χ1) is 15.8. The number of methoxy groups -OCH3 is 1. The molecule has 9 heteroatoms. The Balaban J connectivity index is 1.80. The summed E-state index contributed by atoms with van der Waals surface area (Å²) >= 11 is 5.88. The van der Waals surface area contributed by atoms with Gasteiger partial charge in [-0.25, -0.2) is 4.79 Å². The molecule has 1 aliphatic heterocycles. The number of carbonyl (C=O) groups is 2. The van der Waals surface area contributed by atoms with Crippen LogP contribution < -0.4 is 20.7 Å². The first kappa shape index (κ1) is 24.8. The number of rotatable bonds is 3. The van der Waals surface area contributed by atoms with Crippen LogP contribution in [0.3, 0.4) is 0 Å². The normalized spacial score (nSPS) is 21.8. The third kappa shape index (κ3) is 6.83. The molecule has 3 N–H and O–H groups in total. The predicted octanol–water partition coefficient (Wildman–Crippen LogP) is 4.08. The molecule has 178 valence electrons. The van der Waals surface area contributed by atoms with Gasteiger partial charge in [-0.05, 0) is 49.2 Å². The van der Waals surface area contributed by atoms with E-state index in [0.717, 1.165) is 6.54 Å². The van der Waals surface area contributed by atoms with Crippen LogP contribution in [0.4, 0.5) is 16.2 Å². The molecule has 0 fully saturated rings. The van der Waals surface area contributed by atoms with Crippen molar-refractivity contribution in [2.24, 2.45) is 5.92 Å². The highest BCUT2D eigenvalue weighted by atomic mass is 35.5. The summed E-state index contributed by atoms with van der Waals surface area (Å²) in [5, 5.41) is 9.56. The number of urea groups is 1. The molecule has 0 unspecified atom stereocenters. The van der Waals surface area contributed by atoms with Crippen molar-refractivity contribution in [1.29, 1.82) is 0 Å². The van der Waals surface area contributed by atoms with Gasteiger partial charge in [0.05, 0.1) is 11.7 Å². The Hall–Kier alpha value is -2.81. The van der Waals surface area contributed by atoms with Gasteiger partial charge in [0.1, 0.15) is 12.4 Å². The monoisotopic (exact) mass is 474 g/mol. The molecule has 0 aliphatic carbocycles. The predicted molar refractivity (Wildman–Crippen MR) is 130 cm³/mol. The van der Waals surface area contributed by atoms with Crippen molar-refractivity contribution in [2.45, 2.75) is 26.0 Å². The van der Waals surface area contributed by atoms with Gasteiger partial charge in [-0.3, -0.25) is 4.79 Å². The highest BCUT2D eigenvalue weighted by Crippen LogP contribution is 2.26. The van der Waals surface area contributed by atoms with Crippen LogP contribution in [-0.2, 0) is 4.74 Å². The Morgan fingerprint density at radius 1 is 1.15 bits per heavy atom. The number of carbonyl (C=O) groups excluding carboxylic acids is 2. The van der Waals surface area contributed by atoms with Crippen LogP contribution in [0.25, 0.3) is 0 Å². The fraction of sp³-hybridized carbons (Fsp3) is 0.417. The molecule has 0 bridgehead atoms. The number of halogens is 1. The van der Waals surface area contributed by atoms with Crippen molar-refractivity contribution < 1.29 is 19.1 Å². The van der Waals surface area contributed by atoms with Gasteiger partial charge in [0.2, 0.25) is 0 Å². The maximum Gasteiger partial charge on any atom is 0.323 e. The molecule has 2 aromatic carbocycles. The zero-order valence-corrected chi connectivity index (χ0v) is 20.1. The van der Waals surface area contributed by atoms with Gasteiger partial charge >= 0.3 is 6.03 Å². The van der Waals surface area contributed by atoms with Crippen LogP contribution in [0.2, 0.25) is 5.02 Å². The van der Waals surface area contributed by atoms with E-state index in [0.29, 0.717) is 40.9 Å². The SMILES string of the molecule is CO[C@@H]1CN(C)C(=O)c2ccc(NC(=O)Nc3ccc(Cl)cc3)cc2OC[C@@H](C)NC[C@@H]1C. The summed E-state index contributed by atoms with van der Waals surface area (Å²) in [6.07, 6.45) is -0.0973. The average molecular weight is 475 g/mol. The molecular formula is C24H31ClN4O4. The van der Waals surface area contributed by atoms with Gasteiger partial charge in [0.15, 0.2) is 0 Å². The molecule has 0 aromatic heterocycles. The van der Waals surface area contributed by atoms with E-state index in [-0.39, 0.29) is 24.0 Å². The lowest BCUT2D eigenvalue weighted by molar-refractivity contribution is 0.0281. The summed E-state index contributed by atoms with van der Waals surface area (Å²) < 4.78 is 11.6. The van der Waals surface area contributed by atoms with Crippen molar-refractivity contribution in [2.75, 3.05) is 44.5 Å². The Labute approximate surface area is 199 Å². The highest BCUT2D eigenvalue weighted by molar-refractivity contribution is 6.30. The smallest absolute Gasteiger partial charge is 0.323 e. The summed E-state index contributed by atoms with van der Waals surface area (Å²) in [6.45, 7) is 5.68. The van der Waals surface area contributed by atoms with E-state index in [1.54, 1.807) is 61.5 Å². The number of nitrogens with one attached hydrogen (secondary N) is 3. The summed E-state index contributed by atoms with van der Waals surface area (Å²) in [5.41, 5.74) is 1.54. The van der Waals surface area contributed by atoms with Gasteiger partial charge in [-0.15, -0.1) is 0 Å². The molecule has 0 saturated carbocycles. The topological polar surface area (TPSA) is 91.9 Å². The van der Waals surface area contributed by atoms with E-state index >= 15 is 0 Å². The van der Waals surface area contributed by atoms with Gasteiger partial charge in [-0.2, -0.15) is 0 Å². The van der Waals surface area contributed by atoms with E-state index < -0.39 is 6.03 Å². The third-order valence-electron chi connectivity index (χ3n) is 5.59. The molecular weight excluding hydrogens is 444 g/mol. The van der Waals surface area contributed by atoms with E-state index in [1.165, 1.54) is 0 Å². The lowest BCUT2D eigenvalue weighted by Gasteiger charge is -2.30. The van der Waals surface area contributed by atoms with Crippen molar-refractivity contribution in [3.8, 4) is 5.75 Å². The third-order valence-corrected chi connectivity index (χ3v) is 5.84. The van der Waals surface area contributed by atoms with Crippen molar-refractivity contribution >= 4 is 34.9 Å². The number of hydrogen-bond donors (Lipinski definition) is 3. The zero-order chi connectivity index (χ0) is 24.0. The number of amides is 3. The number of benzene rings is 2. The molecule has 3 atom stereocenters. The van der Waals surface area contributed by atoms with E-state index in [2.05, 4.69) is 22.9 Å². The standard InChI is InChI=1S/C24H31ClN4O4/c1-15-12-26-16(2)14-33-21-11-19(28-24(31)27-18-7-5-17(25)6-8-18)9-10-20(21)23(30)29(3)13-22(15)32-4/h5-11,15-16,22,26H,12-14H2,1-4H3,(H2,27,28,31)/t15-,16+,22+/m0/s1. The molecule has 8 nitrogen and oxygen atoms in total. The maximum absolute atomic E-state index is 13.2. The number of anilines is 2.